The molecule has 0 aliphatic carbocycles. The second-order valence-electron chi connectivity index (χ2n) is 4.20. The van der Waals surface area contributed by atoms with Crippen LogP contribution in [0.15, 0.2) is 11.2 Å². The van der Waals surface area contributed by atoms with Gasteiger partial charge < -0.3 is 10.3 Å². The van der Waals surface area contributed by atoms with Gasteiger partial charge in [-0.1, -0.05) is 0 Å². The van der Waals surface area contributed by atoms with Crippen molar-refractivity contribution in [2.24, 2.45) is 0 Å². The number of aromatic amines is 1. The van der Waals surface area contributed by atoms with Gasteiger partial charge in [0, 0.05) is 19.0 Å². The first kappa shape index (κ1) is 14.7. The molecule has 0 saturated heterocycles. The van der Waals surface area contributed by atoms with Crippen LogP contribution in [-0.4, -0.2) is 36.9 Å². The highest BCUT2D eigenvalue weighted by Crippen LogP contribution is 2.04. The number of rotatable bonds is 6. The number of amides is 1. The van der Waals surface area contributed by atoms with Crippen molar-refractivity contribution < 1.29 is 13.2 Å². The molecule has 0 aliphatic rings. The molecule has 0 spiro atoms. The molecule has 0 fully saturated rings. The quantitative estimate of drug-likeness (QED) is 0.674. The highest BCUT2D eigenvalue weighted by atomic mass is 32.2. The van der Waals surface area contributed by atoms with Crippen LogP contribution in [0.3, 0.4) is 0 Å². The van der Waals surface area contributed by atoms with Crippen molar-refractivity contribution in [2.45, 2.75) is 38.3 Å². The van der Waals surface area contributed by atoms with Gasteiger partial charge in [-0.15, -0.1) is 0 Å². The van der Waals surface area contributed by atoms with Crippen molar-refractivity contribution in [2.75, 3.05) is 6.54 Å². The number of sulfonamides is 1. The van der Waals surface area contributed by atoms with E-state index in [-0.39, 0.29) is 29.9 Å². The van der Waals surface area contributed by atoms with E-state index in [9.17, 15) is 13.2 Å². The molecule has 0 radical (unpaired) electrons. The minimum Gasteiger partial charge on any atom is -0.354 e. The van der Waals surface area contributed by atoms with Crippen molar-refractivity contribution in [3.05, 3.63) is 12.0 Å². The van der Waals surface area contributed by atoms with E-state index in [0.717, 1.165) is 0 Å². The van der Waals surface area contributed by atoms with Crippen LogP contribution < -0.4 is 10.0 Å². The third kappa shape index (κ3) is 4.46. The normalized spacial score (nSPS) is 11.8. The number of hydrogen-bond donors (Lipinski definition) is 3. The van der Waals surface area contributed by atoms with Gasteiger partial charge in [-0.25, -0.2) is 18.1 Å². The van der Waals surface area contributed by atoms with Crippen molar-refractivity contribution in [1.29, 1.82) is 0 Å². The first-order valence-electron chi connectivity index (χ1n) is 5.62. The molecule has 0 aromatic carbocycles. The number of imidazole rings is 1. The Balaban J connectivity index is 2.46. The van der Waals surface area contributed by atoms with Gasteiger partial charge >= 0.3 is 0 Å². The Labute approximate surface area is 106 Å². The second kappa shape index (κ2) is 5.96. The van der Waals surface area contributed by atoms with Crippen LogP contribution in [0.1, 0.15) is 26.1 Å². The summed E-state index contributed by atoms with van der Waals surface area (Å²) >= 11 is 0. The summed E-state index contributed by atoms with van der Waals surface area (Å²) in [7, 11) is -3.61. The van der Waals surface area contributed by atoms with Gasteiger partial charge in [0.1, 0.15) is 5.82 Å². The lowest BCUT2D eigenvalue weighted by Gasteiger charge is -2.08. The van der Waals surface area contributed by atoms with Crippen molar-refractivity contribution in [3.8, 4) is 0 Å². The molecule has 102 valence electrons. The summed E-state index contributed by atoms with van der Waals surface area (Å²) in [6.45, 7) is 5.40. The van der Waals surface area contributed by atoms with Crippen LogP contribution in [0.2, 0.25) is 0 Å². The molecule has 7 nitrogen and oxygen atoms in total. The fourth-order valence-corrected chi connectivity index (χ4v) is 2.31. The van der Waals surface area contributed by atoms with E-state index >= 15 is 0 Å². The molecule has 1 aromatic rings. The summed E-state index contributed by atoms with van der Waals surface area (Å²) in [6, 6.07) is 0.0457. The predicted molar refractivity (Wildman–Crippen MR) is 66.4 cm³/mol. The summed E-state index contributed by atoms with van der Waals surface area (Å²) in [5.74, 6) is 0.335. The van der Waals surface area contributed by atoms with Gasteiger partial charge in [0.25, 0.3) is 10.0 Å². The lowest BCUT2D eigenvalue weighted by molar-refractivity contribution is -0.121. The minimum absolute atomic E-state index is 0.00395. The maximum Gasteiger partial charge on any atom is 0.257 e. The first-order valence-corrected chi connectivity index (χ1v) is 7.10. The standard InChI is InChI=1S/C10H18N4O3S/c1-7(2)13-9(15)4-5-12-18(16,17)10-6-11-8(3)14-10/h6-7,12H,4-5H2,1-3H3,(H,11,14)(H,13,15). The van der Waals surface area contributed by atoms with Crippen molar-refractivity contribution >= 4 is 15.9 Å². The summed E-state index contributed by atoms with van der Waals surface area (Å²) < 4.78 is 25.8. The second-order valence-corrected chi connectivity index (χ2v) is 5.94. The minimum atomic E-state index is -3.61. The molecule has 0 unspecified atom stereocenters. The van der Waals surface area contributed by atoms with Crippen molar-refractivity contribution in [3.63, 3.8) is 0 Å². The lowest BCUT2D eigenvalue weighted by atomic mass is 10.3. The molecule has 0 saturated carbocycles. The van der Waals surface area contributed by atoms with Crippen LogP contribution in [0.5, 0.6) is 0 Å². The predicted octanol–water partition coefficient (Wildman–Crippen LogP) is -0.0889. The van der Waals surface area contributed by atoms with E-state index in [4.69, 9.17) is 0 Å². The molecule has 1 rings (SSSR count). The van der Waals surface area contributed by atoms with Crippen LogP contribution in [0, 0.1) is 6.92 Å². The van der Waals surface area contributed by atoms with E-state index in [1.807, 2.05) is 13.8 Å². The van der Waals surface area contributed by atoms with E-state index < -0.39 is 10.0 Å². The molecule has 0 atom stereocenters. The van der Waals surface area contributed by atoms with Crippen LogP contribution in [0.4, 0.5) is 0 Å². The number of aryl methyl sites for hydroxylation is 1. The molecular formula is C10H18N4O3S. The monoisotopic (exact) mass is 274 g/mol. The summed E-state index contributed by atoms with van der Waals surface area (Å²) in [6.07, 6.45) is 1.34. The summed E-state index contributed by atoms with van der Waals surface area (Å²) in [5, 5.41) is 2.68. The van der Waals surface area contributed by atoms with Crippen LogP contribution in [0.25, 0.3) is 0 Å². The van der Waals surface area contributed by atoms with Gasteiger partial charge in [-0.3, -0.25) is 4.79 Å². The Morgan fingerprint density at radius 2 is 2.17 bits per heavy atom. The first-order chi connectivity index (χ1) is 8.31. The fourth-order valence-electron chi connectivity index (χ4n) is 1.31. The van der Waals surface area contributed by atoms with Crippen molar-refractivity contribution in [1.82, 2.24) is 20.0 Å². The smallest absolute Gasteiger partial charge is 0.257 e. The Kier molecular flexibility index (Phi) is 4.85. The number of aromatic nitrogens is 2. The molecule has 1 aromatic heterocycles. The largest absolute Gasteiger partial charge is 0.354 e. The number of nitrogens with zero attached hydrogens (tertiary/aromatic N) is 1. The van der Waals surface area contributed by atoms with Crippen LogP contribution in [-0.2, 0) is 14.8 Å². The molecule has 1 heterocycles. The fraction of sp³-hybridized carbons (Fsp3) is 0.600. The number of carbonyl (C=O) groups excluding carboxylic acids is 1. The van der Waals surface area contributed by atoms with Crippen LogP contribution >= 0.6 is 0 Å². The third-order valence-electron chi connectivity index (χ3n) is 2.06. The van der Waals surface area contributed by atoms with E-state index in [0.29, 0.717) is 5.82 Å². The van der Waals surface area contributed by atoms with Gasteiger partial charge in [-0.2, -0.15) is 0 Å². The Hall–Kier alpha value is -1.41. The Morgan fingerprint density at radius 3 is 2.67 bits per heavy atom. The maximum absolute atomic E-state index is 11.7. The molecular weight excluding hydrogens is 256 g/mol. The SMILES string of the molecule is Cc1ncc(S(=O)(=O)NCCC(=O)NC(C)C)[nH]1. The Bertz CT molecular complexity index is 507. The highest BCUT2D eigenvalue weighted by molar-refractivity contribution is 7.89. The number of H-pyrrole nitrogens is 1. The molecule has 0 bridgehead atoms. The number of hydrogen-bond acceptors (Lipinski definition) is 4. The third-order valence-corrected chi connectivity index (χ3v) is 3.43. The average molecular weight is 274 g/mol. The zero-order valence-corrected chi connectivity index (χ0v) is 11.5. The lowest BCUT2D eigenvalue weighted by Crippen LogP contribution is -2.34. The van der Waals surface area contributed by atoms with E-state index in [2.05, 4.69) is 20.0 Å². The molecule has 8 heteroatoms. The van der Waals surface area contributed by atoms with E-state index in [1.54, 1.807) is 6.92 Å². The molecule has 3 N–H and O–H groups in total. The molecule has 1 amide bonds. The van der Waals surface area contributed by atoms with E-state index in [1.165, 1.54) is 6.20 Å². The summed E-state index contributed by atoms with van der Waals surface area (Å²) in [5.41, 5.74) is 0. The maximum atomic E-state index is 11.7. The molecule has 0 aliphatic heterocycles. The van der Waals surface area contributed by atoms with Gasteiger partial charge in [0.2, 0.25) is 5.91 Å². The summed E-state index contributed by atoms with van der Waals surface area (Å²) in [4.78, 5) is 17.7. The zero-order chi connectivity index (χ0) is 13.8. The van der Waals surface area contributed by atoms with Gasteiger partial charge in [0.05, 0.1) is 6.20 Å². The molecule has 18 heavy (non-hydrogen) atoms. The number of carbonyl (C=O) groups is 1. The van der Waals surface area contributed by atoms with Gasteiger partial charge in [-0.05, 0) is 20.8 Å². The topological polar surface area (TPSA) is 104 Å². The zero-order valence-electron chi connectivity index (χ0n) is 10.6. The average Bonchev–Trinajstić information content (AvgIpc) is 2.64. The Morgan fingerprint density at radius 1 is 1.50 bits per heavy atom. The van der Waals surface area contributed by atoms with Gasteiger partial charge in [0.15, 0.2) is 5.03 Å². The number of nitrogens with one attached hydrogen (secondary N) is 3. The highest BCUT2D eigenvalue weighted by Gasteiger charge is 2.16.